The van der Waals surface area contributed by atoms with Gasteiger partial charge in [-0.3, -0.25) is 4.79 Å². The second-order valence-electron chi connectivity index (χ2n) is 6.52. The largest absolute Gasteiger partial charge is 0.368 e. The van der Waals surface area contributed by atoms with E-state index in [-0.39, 0.29) is 12.5 Å². The molecule has 3 heterocycles. The number of hydrogen-bond donors (Lipinski definition) is 1. The summed E-state index contributed by atoms with van der Waals surface area (Å²) < 4.78 is 1.87. The molecule has 0 spiro atoms. The molecule has 26 heavy (non-hydrogen) atoms. The average Bonchev–Trinajstić information content (AvgIpc) is 3.32. The molecule has 0 saturated carbocycles. The number of aromatic nitrogens is 3. The zero-order valence-corrected chi connectivity index (χ0v) is 15.2. The van der Waals surface area contributed by atoms with Crippen LogP contribution in [0.5, 0.6) is 0 Å². The van der Waals surface area contributed by atoms with Gasteiger partial charge in [-0.05, 0) is 12.8 Å². The van der Waals surface area contributed by atoms with Crippen molar-refractivity contribution in [1.29, 1.82) is 0 Å². The topological polar surface area (TPSA) is 77.0 Å². The van der Waals surface area contributed by atoms with Gasteiger partial charge in [-0.2, -0.15) is 0 Å². The molecule has 2 aromatic heterocycles. The van der Waals surface area contributed by atoms with Gasteiger partial charge in [0.15, 0.2) is 5.13 Å². The number of primary amides is 1. The normalized spacial score (nSPS) is 15.3. The van der Waals surface area contributed by atoms with Crippen LogP contribution in [0.3, 0.4) is 0 Å². The van der Waals surface area contributed by atoms with E-state index in [0.29, 0.717) is 5.92 Å². The van der Waals surface area contributed by atoms with E-state index in [0.717, 1.165) is 48.1 Å². The van der Waals surface area contributed by atoms with E-state index in [1.165, 1.54) is 0 Å². The van der Waals surface area contributed by atoms with Gasteiger partial charge in [0.25, 0.3) is 0 Å². The lowest BCUT2D eigenvalue weighted by molar-refractivity contribution is -0.118. The average molecular weight is 367 g/mol. The molecule has 7 heteroatoms. The minimum atomic E-state index is -0.335. The summed E-state index contributed by atoms with van der Waals surface area (Å²) in [6.45, 7) is 2.08. The predicted octanol–water partition coefficient (Wildman–Crippen LogP) is 2.88. The van der Waals surface area contributed by atoms with Crippen LogP contribution in [-0.4, -0.2) is 33.5 Å². The number of carbonyl (C=O) groups excluding carboxylic acids is 1. The van der Waals surface area contributed by atoms with Crippen molar-refractivity contribution < 1.29 is 4.79 Å². The summed E-state index contributed by atoms with van der Waals surface area (Å²) in [6, 6.07) is 10.3. The van der Waals surface area contributed by atoms with E-state index in [4.69, 9.17) is 10.7 Å². The van der Waals surface area contributed by atoms with Gasteiger partial charge in [0.1, 0.15) is 12.4 Å². The van der Waals surface area contributed by atoms with Crippen molar-refractivity contribution in [3.63, 3.8) is 0 Å². The van der Waals surface area contributed by atoms with Crippen LogP contribution >= 0.6 is 11.3 Å². The molecule has 0 bridgehead atoms. The molecule has 0 unspecified atom stereocenters. The fraction of sp³-hybridized carbons (Fsp3) is 0.316. The van der Waals surface area contributed by atoms with Gasteiger partial charge in [-0.1, -0.05) is 30.3 Å². The Balaban J connectivity index is 1.42. The van der Waals surface area contributed by atoms with Gasteiger partial charge in [0.05, 0.1) is 5.69 Å². The molecule has 0 aliphatic carbocycles. The van der Waals surface area contributed by atoms with Gasteiger partial charge in [-0.15, -0.1) is 11.3 Å². The highest BCUT2D eigenvalue weighted by molar-refractivity contribution is 7.14. The minimum Gasteiger partial charge on any atom is -0.368 e. The van der Waals surface area contributed by atoms with Crippen LogP contribution in [0, 0.1) is 0 Å². The lowest BCUT2D eigenvalue weighted by Gasteiger charge is -2.31. The molecule has 1 fully saturated rings. The van der Waals surface area contributed by atoms with Gasteiger partial charge < -0.3 is 15.2 Å². The second-order valence-corrected chi connectivity index (χ2v) is 7.36. The SMILES string of the molecule is NC(=O)Cn1ccnc1C1CCN(c2nc(-c3ccccc3)cs2)CC1. The van der Waals surface area contributed by atoms with Gasteiger partial charge >= 0.3 is 0 Å². The zero-order chi connectivity index (χ0) is 17.9. The second kappa shape index (κ2) is 7.29. The number of hydrogen-bond acceptors (Lipinski definition) is 5. The molecule has 3 aromatic rings. The number of imidazole rings is 1. The maximum Gasteiger partial charge on any atom is 0.237 e. The van der Waals surface area contributed by atoms with E-state index >= 15 is 0 Å². The van der Waals surface area contributed by atoms with E-state index in [9.17, 15) is 4.79 Å². The first-order valence-electron chi connectivity index (χ1n) is 8.76. The molecular weight excluding hydrogens is 346 g/mol. The molecule has 1 saturated heterocycles. The van der Waals surface area contributed by atoms with Crippen LogP contribution in [-0.2, 0) is 11.3 Å². The predicted molar refractivity (Wildman–Crippen MR) is 103 cm³/mol. The smallest absolute Gasteiger partial charge is 0.237 e. The Bertz CT molecular complexity index is 880. The molecule has 1 aliphatic rings. The van der Waals surface area contributed by atoms with E-state index < -0.39 is 0 Å². The summed E-state index contributed by atoms with van der Waals surface area (Å²) in [6.07, 6.45) is 5.57. The third-order valence-electron chi connectivity index (χ3n) is 4.77. The molecule has 1 aromatic carbocycles. The summed E-state index contributed by atoms with van der Waals surface area (Å²) in [5.74, 6) is 0.986. The number of rotatable bonds is 5. The van der Waals surface area contributed by atoms with Crippen molar-refractivity contribution in [3.8, 4) is 11.3 Å². The highest BCUT2D eigenvalue weighted by Crippen LogP contribution is 2.33. The Hall–Kier alpha value is -2.67. The first kappa shape index (κ1) is 16.8. The quantitative estimate of drug-likeness (QED) is 0.752. The zero-order valence-electron chi connectivity index (χ0n) is 14.4. The van der Waals surface area contributed by atoms with Crippen LogP contribution in [0.4, 0.5) is 5.13 Å². The Labute approximate surface area is 156 Å². The summed E-state index contributed by atoms with van der Waals surface area (Å²) in [7, 11) is 0. The molecule has 4 rings (SSSR count). The molecular formula is C19H21N5OS. The summed E-state index contributed by atoms with van der Waals surface area (Å²) >= 11 is 1.69. The third kappa shape index (κ3) is 3.48. The fourth-order valence-corrected chi connectivity index (χ4v) is 4.35. The molecule has 0 atom stereocenters. The van der Waals surface area contributed by atoms with Crippen molar-refractivity contribution >= 4 is 22.4 Å². The number of nitrogens with zero attached hydrogens (tertiary/aromatic N) is 4. The standard InChI is InChI=1S/C19H21N5OS/c20-17(25)12-24-11-8-21-18(24)15-6-9-23(10-7-15)19-22-16(13-26-19)14-4-2-1-3-5-14/h1-5,8,11,13,15H,6-7,9-10,12H2,(H2,20,25). The Morgan fingerprint density at radius 3 is 2.73 bits per heavy atom. The Morgan fingerprint density at radius 1 is 1.23 bits per heavy atom. The Morgan fingerprint density at radius 2 is 2.00 bits per heavy atom. The molecule has 0 radical (unpaired) electrons. The monoisotopic (exact) mass is 367 g/mol. The summed E-state index contributed by atoms with van der Waals surface area (Å²) in [5.41, 5.74) is 7.51. The number of thiazole rings is 1. The van der Waals surface area contributed by atoms with Gasteiger partial charge in [-0.25, -0.2) is 9.97 Å². The first-order chi connectivity index (χ1) is 12.7. The molecule has 1 amide bonds. The van der Waals surface area contributed by atoms with E-state index in [1.54, 1.807) is 17.5 Å². The van der Waals surface area contributed by atoms with Crippen LogP contribution < -0.4 is 10.6 Å². The van der Waals surface area contributed by atoms with Crippen molar-refractivity contribution in [3.05, 3.63) is 53.9 Å². The number of anilines is 1. The number of amides is 1. The first-order valence-corrected chi connectivity index (χ1v) is 9.64. The highest BCUT2D eigenvalue weighted by atomic mass is 32.1. The molecule has 2 N–H and O–H groups in total. The van der Waals surface area contributed by atoms with Gasteiger partial charge in [0.2, 0.25) is 5.91 Å². The third-order valence-corrected chi connectivity index (χ3v) is 5.67. The van der Waals surface area contributed by atoms with Crippen molar-refractivity contribution in [1.82, 2.24) is 14.5 Å². The molecule has 6 nitrogen and oxygen atoms in total. The lowest BCUT2D eigenvalue weighted by Crippen LogP contribution is -2.34. The van der Waals surface area contributed by atoms with Crippen molar-refractivity contribution in [2.75, 3.05) is 18.0 Å². The summed E-state index contributed by atoms with van der Waals surface area (Å²) in [5, 5.41) is 3.19. The van der Waals surface area contributed by atoms with Crippen LogP contribution in [0.2, 0.25) is 0 Å². The maximum absolute atomic E-state index is 11.2. The van der Waals surface area contributed by atoms with E-state index in [1.807, 2.05) is 29.0 Å². The number of nitrogens with two attached hydrogens (primary N) is 1. The van der Waals surface area contributed by atoms with Crippen molar-refractivity contribution in [2.24, 2.45) is 5.73 Å². The number of carbonyl (C=O) groups is 1. The van der Waals surface area contributed by atoms with Crippen LogP contribution in [0.15, 0.2) is 48.1 Å². The molecule has 134 valence electrons. The van der Waals surface area contributed by atoms with Crippen LogP contribution in [0.1, 0.15) is 24.6 Å². The number of benzene rings is 1. The van der Waals surface area contributed by atoms with Crippen LogP contribution in [0.25, 0.3) is 11.3 Å². The Kier molecular flexibility index (Phi) is 4.71. The molecule has 1 aliphatic heterocycles. The van der Waals surface area contributed by atoms with E-state index in [2.05, 4.69) is 27.4 Å². The highest BCUT2D eigenvalue weighted by Gasteiger charge is 2.25. The van der Waals surface area contributed by atoms with Crippen molar-refractivity contribution in [2.45, 2.75) is 25.3 Å². The van der Waals surface area contributed by atoms with Gasteiger partial charge in [0, 0.05) is 42.3 Å². The number of piperidine rings is 1. The summed E-state index contributed by atoms with van der Waals surface area (Å²) in [4.78, 5) is 22.8. The minimum absolute atomic E-state index is 0.197. The fourth-order valence-electron chi connectivity index (χ4n) is 3.46. The maximum atomic E-state index is 11.2. The lowest BCUT2D eigenvalue weighted by atomic mass is 9.96.